The molecule has 0 amide bonds. The molecule has 23 heavy (non-hydrogen) atoms. The van der Waals surface area contributed by atoms with Crippen LogP contribution in [0, 0.1) is 5.82 Å². The molecule has 1 aliphatic heterocycles. The van der Waals surface area contributed by atoms with Crippen molar-refractivity contribution in [1.82, 2.24) is 0 Å². The van der Waals surface area contributed by atoms with Gasteiger partial charge in [-0.15, -0.1) is 0 Å². The Morgan fingerprint density at radius 3 is 2.04 bits per heavy atom. The van der Waals surface area contributed by atoms with Crippen LogP contribution >= 0.6 is 0 Å². The number of halogens is 5. The summed E-state index contributed by atoms with van der Waals surface area (Å²) in [5.74, 6) is -1.67. The monoisotopic (exact) mass is 338 g/mol. The van der Waals surface area contributed by atoms with Crippen LogP contribution in [0.4, 0.5) is 22.0 Å². The van der Waals surface area contributed by atoms with Gasteiger partial charge < -0.3 is 14.0 Å². The normalized spacial score (nSPS) is 20.2. The summed E-state index contributed by atoms with van der Waals surface area (Å²) >= 11 is 0. The van der Waals surface area contributed by atoms with Gasteiger partial charge >= 0.3 is 19.7 Å². The highest BCUT2D eigenvalue weighted by atomic mass is 19.3. The fourth-order valence-electron chi connectivity index (χ4n) is 1.93. The maximum absolute atomic E-state index is 14.1. The van der Waals surface area contributed by atoms with E-state index in [2.05, 4.69) is 4.74 Å². The Kier molecular flexibility index (Phi) is 4.40. The number of ether oxygens (including phenoxy) is 1. The summed E-state index contributed by atoms with van der Waals surface area (Å²) in [4.78, 5) is 0. The highest BCUT2D eigenvalue weighted by Crippen LogP contribution is 2.37. The van der Waals surface area contributed by atoms with E-state index in [1.165, 1.54) is 0 Å². The second kappa shape index (κ2) is 5.63. The third kappa shape index (κ3) is 3.45. The minimum absolute atomic E-state index is 0.0311. The number of hydrogen-bond donors (Lipinski definition) is 0. The van der Waals surface area contributed by atoms with Crippen molar-refractivity contribution in [2.45, 2.75) is 51.4 Å². The molecule has 0 unspecified atom stereocenters. The van der Waals surface area contributed by atoms with Gasteiger partial charge in [0.2, 0.25) is 0 Å². The van der Waals surface area contributed by atoms with E-state index in [0.717, 1.165) is 12.1 Å². The fourth-order valence-corrected chi connectivity index (χ4v) is 1.93. The Morgan fingerprint density at radius 1 is 1.09 bits per heavy atom. The van der Waals surface area contributed by atoms with Crippen LogP contribution in [0.2, 0.25) is 0 Å². The van der Waals surface area contributed by atoms with E-state index in [0.29, 0.717) is 6.07 Å². The highest BCUT2D eigenvalue weighted by Gasteiger charge is 2.52. The van der Waals surface area contributed by atoms with E-state index < -0.39 is 42.4 Å². The van der Waals surface area contributed by atoms with Crippen molar-refractivity contribution in [2.75, 3.05) is 0 Å². The summed E-state index contributed by atoms with van der Waals surface area (Å²) in [5, 5.41) is 0. The fraction of sp³-hybridized carbons (Fsp3) is 0.571. The molecule has 0 aliphatic carbocycles. The van der Waals surface area contributed by atoms with Crippen LogP contribution in [0.3, 0.4) is 0 Å². The average molecular weight is 338 g/mol. The zero-order valence-corrected chi connectivity index (χ0v) is 13.0. The van der Waals surface area contributed by atoms with E-state index in [9.17, 15) is 22.0 Å². The van der Waals surface area contributed by atoms with E-state index >= 15 is 0 Å². The van der Waals surface area contributed by atoms with Gasteiger partial charge in [0, 0.05) is 11.5 Å². The van der Waals surface area contributed by atoms with Crippen molar-refractivity contribution >= 4 is 12.6 Å². The first-order chi connectivity index (χ1) is 10.4. The quantitative estimate of drug-likeness (QED) is 0.622. The summed E-state index contributed by atoms with van der Waals surface area (Å²) in [5.41, 5.74) is -1.44. The Morgan fingerprint density at radius 2 is 1.61 bits per heavy atom. The molecule has 1 saturated heterocycles. The van der Waals surface area contributed by atoms with Gasteiger partial charge in [0.1, 0.15) is 11.6 Å². The van der Waals surface area contributed by atoms with Crippen LogP contribution in [-0.4, -0.2) is 30.9 Å². The number of benzene rings is 1. The first-order valence-corrected chi connectivity index (χ1v) is 6.86. The van der Waals surface area contributed by atoms with Gasteiger partial charge in [0.15, 0.2) is 0 Å². The molecule has 0 saturated carbocycles. The minimum atomic E-state index is -4.70. The zero-order chi connectivity index (χ0) is 17.6. The largest absolute Gasteiger partial charge is 0.497 e. The molecule has 1 aromatic carbocycles. The maximum Gasteiger partial charge on any atom is 0.497 e. The van der Waals surface area contributed by atoms with Crippen molar-refractivity contribution in [3.05, 3.63) is 24.0 Å². The second-order valence-corrected chi connectivity index (χ2v) is 6.24. The van der Waals surface area contributed by atoms with Crippen LogP contribution in [-0.2, 0) is 9.31 Å². The second-order valence-electron chi connectivity index (χ2n) is 6.24. The number of rotatable bonds is 4. The average Bonchev–Trinajstić information content (AvgIpc) is 2.57. The third-order valence-corrected chi connectivity index (χ3v) is 3.99. The molecule has 0 aromatic heterocycles. The van der Waals surface area contributed by atoms with Crippen molar-refractivity contribution in [3.63, 3.8) is 0 Å². The summed E-state index contributed by atoms with van der Waals surface area (Å²) in [6.07, 6.45) is -8.72. The molecule has 9 heteroatoms. The zero-order valence-electron chi connectivity index (χ0n) is 13.0. The molecular weight excluding hydrogens is 322 g/mol. The minimum Gasteiger partial charge on any atom is -0.428 e. The highest BCUT2D eigenvalue weighted by molar-refractivity contribution is 6.62. The molecule has 128 valence electrons. The third-order valence-electron chi connectivity index (χ3n) is 3.99. The Balaban J connectivity index is 2.22. The molecule has 2 rings (SSSR count). The maximum atomic E-state index is 14.1. The molecule has 0 radical (unpaired) electrons. The Labute approximate surface area is 130 Å². The predicted octanol–water partition coefficient (Wildman–Crippen LogP) is 3.36. The predicted molar refractivity (Wildman–Crippen MR) is 73.7 cm³/mol. The van der Waals surface area contributed by atoms with E-state index in [-0.39, 0.29) is 5.46 Å². The van der Waals surface area contributed by atoms with Crippen LogP contribution in [0.1, 0.15) is 27.7 Å². The number of alkyl halides is 4. The van der Waals surface area contributed by atoms with Gasteiger partial charge in [-0.3, -0.25) is 0 Å². The summed E-state index contributed by atoms with van der Waals surface area (Å²) in [7, 11) is -1.04. The van der Waals surface area contributed by atoms with Gasteiger partial charge in [-0.1, -0.05) is 6.07 Å². The molecule has 0 N–H and O–H groups in total. The van der Waals surface area contributed by atoms with Crippen LogP contribution in [0.5, 0.6) is 5.75 Å². The smallest absolute Gasteiger partial charge is 0.428 e. The topological polar surface area (TPSA) is 27.7 Å². The van der Waals surface area contributed by atoms with Crippen LogP contribution < -0.4 is 10.2 Å². The lowest BCUT2D eigenvalue weighted by molar-refractivity contribution is -0.253. The molecule has 1 heterocycles. The van der Waals surface area contributed by atoms with Crippen molar-refractivity contribution in [2.24, 2.45) is 0 Å². The molecule has 1 aliphatic rings. The standard InChI is InChI=1S/C14H16BF5O3/c1-12(2)13(3,4)23-15(22-12)9-6-5-8(7-10(9)16)21-14(19,20)11(17)18/h5-7,11H,1-4H3. The molecule has 1 aromatic rings. The lowest BCUT2D eigenvalue weighted by Gasteiger charge is -2.32. The molecule has 1 fully saturated rings. The Bertz CT molecular complexity index is 576. The molecule has 0 atom stereocenters. The van der Waals surface area contributed by atoms with E-state index in [1.54, 1.807) is 27.7 Å². The Hall–Kier alpha value is -1.35. The lowest BCUT2D eigenvalue weighted by atomic mass is 9.78. The molecule has 3 nitrogen and oxygen atoms in total. The number of hydrogen-bond acceptors (Lipinski definition) is 3. The molecule has 0 spiro atoms. The SMILES string of the molecule is CC1(C)OB(c2ccc(OC(F)(F)C(F)F)cc2F)OC1(C)C. The van der Waals surface area contributed by atoms with Gasteiger partial charge in [-0.25, -0.2) is 4.39 Å². The summed E-state index contributed by atoms with van der Waals surface area (Å²) in [6, 6.07) is 2.66. The van der Waals surface area contributed by atoms with E-state index in [4.69, 9.17) is 9.31 Å². The van der Waals surface area contributed by atoms with Gasteiger partial charge in [-0.05, 0) is 33.8 Å². The lowest BCUT2D eigenvalue weighted by Crippen LogP contribution is -2.41. The van der Waals surface area contributed by atoms with Crippen molar-refractivity contribution < 1.29 is 36.0 Å². The van der Waals surface area contributed by atoms with Crippen LogP contribution in [0.15, 0.2) is 18.2 Å². The summed E-state index contributed by atoms with van der Waals surface area (Å²) in [6.45, 7) is 7.08. The first kappa shape index (κ1) is 18.0. The summed E-state index contributed by atoms with van der Waals surface area (Å²) < 4.78 is 79.0. The molecule has 0 bridgehead atoms. The van der Waals surface area contributed by atoms with Gasteiger partial charge in [0.05, 0.1) is 11.2 Å². The first-order valence-electron chi connectivity index (χ1n) is 6.86. The van der Waals surface area contributed by atoms with Gasteiger partial charge in [-0.2, -0.15) is 17.6 Å². The van der Waals surface area contributed by atoms with Crippen molar-refractivity contribution in [1.29, 1.82) is 0 Å². The van der Waals surface area contributed by atoms with Crippen LogP contribution in [0.25, 0.3) is 0 Å². The van der Waals surface area contributed by atoms with Gasteiger partial charge in [0.25, 0.3) is 0 Å². The van der Waals surface area contributed by atoms with Crippen molar-refractivity contribution in [3.8, 4) is 5.75 Å². The molecular formula is C14H16BF5O3. The van der Waals surface area contributed by atoms with E-state index in [1.807, 2.05) is 0 Å².